The third-order valence-corrected chi connectivity index (χ3v) is 5.27. The Morgan fingerprint density at radius 2 is 1.95 bits per heavy atom. The average Bonchev–Trinajstić information content (AvgIpc) is 2.65. The van der Waals surface area contributed by atoms with Crippen molar-refractivity contribution in [3.8, 4) is 0 Å². The van der Waals surface area contributed by atoms with Crippen LogP contribution in [-0.4, -0.2) is 20.4 Å². The Morgan fingerprint density at radius 3 is 2.53 bits per heavy atom. The van der Waals surface area contributed by atoms with E-state index in [9.17, 15) is 0 Å². The first kappa shape index (κ1) is 12.9. The lowest BCUT2D eigenvalue weighted by Gasteiger charge is -2.10. The Kier molecular flexibility index (Phi) is 2.69. The maximum absolute atomic E-state index is 5.93. The number of pyridine rings is 1. The lowest BCUT2D eigenvalue weighted by atomic mass is 10.0. The standard InChI is InChI=1S/C15H20ClN3/c1-14(2)13(15(14,3)4)19-11-6-8-17-9-10(11)18-12(19)5-7-16/h6,8-9,13H,5,7H2,1-4H3. The number of nitrogens with zero attached hydrogens (tertiary/aromatic N) is 3. The highest BCUT2D eigenvalue weighted by molar-refractivity contribution is 6.17. The van der Waals surface area contributed by atoms with Gasteiger partial charge in [-0.25, -0.2) is 4.98 Å². The molecular formula is C15H20ClN3. The van der Waals surface area contributed by atoms with E-state index in [1.54, 1.807) is 0 Å². The Morgan fingerprint density at radius 1 is 1.26 bits per heavy atom. The first-order chi connectivity index (χ1) is 8.91. The van der Waals surface area contributed by atoms with Crippen molar-refractivity contribution in [2.45, 2.75) is 40.2 Å². The molecule has 0 bridgehead atoms. The van der Waals surface area contributed by atoms with E-state index >= 15 is 0 Å². The maximum atomic E-state index is 5.93. The molecule has 3 nitrogen and oxygen atoms in total. The van der Waals surface area contributed by atoms with Gasteiger partial charge in [-0.1, -0.05) is 27.7 Å². The number of aromatic nitrogens is 3. The van der Waals surface area contributed by atoms with Gasteiger partial charge in [-0.05, 0) is 16.9 Å². The topological polar surface area (TPSA) is 30.7 Å². The molecule has 0 spiro atoms. The van der Waals surface area contributed by atoms with E-state index < -0.39 is 0 Å². The summed E-state index contributed by atoms with van der Waals surface area (Å²) in [6.07, 6.45) is 4.48. The third kappa shape index (κ3) is 1.64. The third-order valence-electron chi connectivity index (χ3n) is 5.09. The summed E-state index contributed by atoms with van der Waals surface area (Å²) in [5, 5.41) is 0. The smallest absolute Gasteiger partial charge is 0.111 e. The number of fused-ring (bicyclic) bond motifs is 1. The van der Waals surface area contributed by atoms with Gasteiger partial charge in [0, 0.05) is 24.5 Å². The van der Waals surface area contributed by atoms with Gasteiger partial charge in [0.2, 0.25) is 0 Å². The van der Waals surface area contributed by atoms with Crippen LogP contribution in [0, 0.1) is 10.8 Å². The molecule has 0 amide bonds. The first-order valence-electron chi connectivity index (χ1n) is 6.78. The molecule has 1 fully saturated rings. The minimum absolute atomic E-state index is 0.283. The van der Waals surface area contributed by atoms with Crippen molar-refractivity contribution in [2.75, 3.05) is 5.88 Å². The van der Waals surface area contributed by atoms with E-state index in [2.05, 4.69) is 43.3 Å². The van der Waals surface area contributed by atoms with Crippen LogP contribution in [-0.2, 0) is 6.42 Å². The van der Waals surface area contributed by atoms with Crippen molar-refractivity contribution < 1.29 is 0 Å². The van der Waals surface area contributed by atoms with Gasteiger partial charge in [0.15, 0.2) is 0 Å². The Balaban J connectivity index is 2.20. The second-order valence-corrected chi connectivity index (χ2v) is 6.93. The van der Waals surface area contributed by atoms with Gasteiger partial charge in [-0.3, -0.25) is 4.98 Å². The fourth-order valence-electron chi connectivity index (χ4n) is 3.36. The molecule has 0 unspecified atom stereocenters. The summed E-state index contributed by atoms with van der Waals surface area (Å²) in [6.45, 7) is 9.31. The van der Waals surface area contributed by atoms with E-state index in [0.717, 1.165) is 17.8 Å². The number of alkyl halides is 1. The Bertz CT molecular complexity index is 613. The number of halogens is 1. The molecule has 2 heterocycles. The van der Waals surface area contributed by atoms with Crippen LogP contribution in [0.15, 0.2) is 18.5 Å². The molecule has 2 aromatic rings. The molecule has 0 saturated heterocycles. The van der Waals surface area contributed by atoms with E-state index in [4.69, 9.17) is 16.6 Å². The van der Waals surface area contributed by atoms with E-state index in [0.29, 0.717) is 11.9 Å². The Labute approximate surface area is 119 Å². The van der Waals surface area contributed by atoms with Crippen molar-refractivity contribution in [1.82, 2.24) is 14.5 Å². The lowest BCUT2D eigenvalue weighted by molar-refractivity contribution is 0.457. The molecule has 1 aliphatic carbocycles. The second kappa shape index (κ2) is 3.95. The highest BCUT2D eigenvalue weighted by Crippen LogP contribution is 2.72. The van der Waals surface area contributed by atoms with Gasteiger partial charge in [0.25, 0.3) is 0 Å². The van der Waals surface area contributed by atoms with Crippen LogP contribution in [0.2, 0.25) is 0 Å². The van der Waals surface area contributed by atoms with Crippen molar-refractivity contribution >= 4 is 22.6 Å². The molecule has 2 aromatic heterocycles. The molecule has 0 aliphatic heterocycles. The summed E-state index contributed by atoms with van der Waals surface area (Å²) in [5.41, 5.74) is 2.72. The monoisotopic (exact) mass is 277 g/mol. The van der Waals surface area contributed by atoms with Crippen LogP contribution in [0.4, 0.5) is 0 Å². The van der Waals surface area contributed by atoms with Crippen LogP contribution in [0.25, 0.3) is 11.0 Å². The number of aryl methyl sites for hydroxylation is 1. The van der Waals surface area contributed by atoms with Gasteiger partial charge < -0.3 is 4.57 Å². The summed E-state index contributed by atoms with van der Waals surface area (Å²) in [5.74, 6) is 1.69. The summed E-state index contributed by atoms with van der Waals surface area (Å²) in [6, 6.07) is 2.54. The van der Waals surface area contributed by atoms with Gasteiger partial charge in [0.05, 0.1) is 11.7 Å². The maximum Gasteiger partial charge on any atom is 0.111 e. The highest BCUT2D eigenvalue weighted by Gasteiger charge is 2.66. The predicted octanol–water partition coefficient (Wildman–Crippen LogP) is 3.82. The molecule has 4 heteroatoms. The molecule has 19 heavy (non-hydrogen) atoms. The average molecular weight is 278 g/mol. The molecule has 0 atom stereocenters. The summed E-state index contributed by atoms with van der Waals surface area (Å²) in [7, 11) is 0. The zero-order valence-corrected chi connectivity index (χ0v) is 12.7. The molecule has 3 rings (SSSR count). The van der Waals surface area contributed by atoms with E-state index in [1.165, 1.54) is 5.52 Å². The fourth-order valence-corrected chi connectivity index (χ4v) is 3.53. The van der Waals surface area contributed by atoms with Crippen LogP contribution in [0.5, 0.6) is 0 Å². The van der Waals surface area contributed by atoms with Crippen molar-refractivity contribution in [1.29, 1.82) is 0 Å². The summed E-state index contributed by atoms with van der Waals surface area (Å²) < 4.78 is 2.39. The molecule has 0 radical (unpaired) electrons. The number of hydrogen-bond acceptors (Lipinski definition) is 2. The van der Waals surface area contributed by atoms with E-state index in [1.807, 2.05) is 12.4 Å². The Hall–Kier alpha value is -1.09. The van der Waals surface area contributed by atoms with Gasteiger partial charge in [-0.2, -0.15) is 0 Å². The molecule has 1 saturated carbocycles. The minimum Gasteiger partial charge on any atom is -0.324 e. The minimum atomic E-state index is 0.283. The number of imidazole rings is 1. The van der Waals surface area contributed by atoms with Gasteiger partial charge >= 0.3 is 0 Å². The molecule has 102 valence electrons. The van der Waals surface area contributed by atoms with Crippen molar-refractivity contribution in [3.63, 3.8) is 0 Å². The summed E-state index contributed by atoms with van der Waals surface area (Å²) in [4.78, 5) is 8.88. The van der Waals surface area contributed by atoms with Crippen LogP contribution >= 0.6 is 11.6 Å². The zero-order chi connectivity index (χ0) is 13.8. The predicted molar refractivity (Wildman–Crippen MR) is 78.6 cm³/mol. The SMILES string of the molecule is CC1(C)C(n2c(CCCl)nc3cnccc32)C1(C)C. The first-order valence-corrected chi connectivity index (χ1v) is 7.31. The van der Waals surface area contributed by atoms with Gasteiger partial charge in [0.1, 0.15) is 11.3 Å². The van der Waals surface area contributed by atoms with Crippen molar-refractivity contribution in [3.05, 3.63) is 24.3 Å². The number of hydrogen-bond donors (Lipinski definition) is 0. The molecule has 1 aliphatic rings. The molecule has 0 aromatic carbocycles. The lowest BCUT2D eigenvalue weighted by Crippen LogP contribution is -2.07. The normalized spacial score (nSPS) is 20.9. The van der Waals surface area contributed by atoms with E-state index in [-0.39, 0.29) is 10.8 Å². The second-order valence-electron chi connectivity index (χ2n) is 6.55. The van der Waals surface area contributed by atoms with Crippen LogP contribution in [0.3, 0.4) is 0 Å². The fraction of sp³-hybridized carbons (Fsp3) is 0.600. The highest BCUT2D eigenvalue weighted by atomic mass is 35.5. The van der Waals surface area contributed by atoms with Crippen LogP contribution in [0.1, 0.15) is 39.6 Å². The van der Waals surface area contributed by atoms with Crippen molar-refractivity contribution in [2.24, 2.45) is 10.8 Å². The number of rotatable bonds is 3. The van der Waals surface area contributed by atoms with Gasteiger partial charge in [-0.15, -0.1) is 11.6 Å². The molecular weight excluding hydrogens is 258 g/mol. The summed E-state index contributed by atoms with van der Waals surface area (Å²) >= 11 is 5.93. The largest absolute Gasteiger partial charge is 0.324 e. The molecule has 0 N–H and O–H groups in total. The zero-order valence-electron chi connectivity index (χ0n) is 11.9. The quantitative estimate of drug-likeness (QED) is 0.799. The van der Waals surface area contributed by atoms with Crippen LogP contribution < -0.4 is 0 Å².